The van der Waals surface area contributed by atoms with Crippen molar-refractivity contribution in [3.63, 3.8) is 0 Å². The average molecular weight is 463 g/mol. The standard InChI is InChI=1S/C12H12N2OS.C11H22N2O.CH4O/c1-9-12(16-8-14-9)11-4-2-10(3-5-11)6-13-7-15;1-8-6-5-7-13(8)10(14)9(12)11(2,3)4;1-2/h2-5,7-8H,6H2,1H3,(H,13,15);8-9H,5-7,12H2,1-4H3;2H,1H3. The number of rotatable bonds is 5. The van der Waals surface area contributed by atoms with Gasteiger partial charge in [0.15, 0.2) is 0 Å². The van der Waals surface area contributed by atoms with Crippen LogP contribution in [0.2, 0.25) is 0 Å². The van der Waals surface area contributed by atoms with Gasteiger partial charge in [0, 0.05) is 26.2 Å². The van der Waals surface area contributed by atoms with Crippen molar-refractivity contribution in [2.75, 3.05) is 13.7 Å². The predicted molar refractivity (Wildman–Crippen MR) is 131 cm³/mol. The third-order valence-corrected chi connectivity index (χ3v) is 6.36. The molecule has 1 aromatic heterocycles. The van der Waals surface area contributed by atoms with Gasteiger partial charge in [-0.15, -0.1) is 11.3 Å². The monoisotopic (exact) mass is 462 g/mol. The van der Waals surface area contributed by atoms with Gasteiger partial charge in [0.1, 0.15) is 0 Å². The number of thiazole rings is 1. The summed E-state index contributed by atoms with van der Waals surface area (Å²) in [6, 6.07) is 8.15. The SMILES string of the molecule is CC1CCCN1C(=O)C(N)C(C)(C)C.CO.Cc1ncsc1-c1ccc(CNC=O)cc1. The summed E-state index contributed by atoms with van der Waals surface area (Å²) in [5.41, 5.74) is 11.0. The highest BCUT2D eigenvalue weighted by Gasteiger charge is 2.34. The largest absolute Gasteiger partial charge is 0.400 e. The minimum absolute atomic E-state index is 0.113. The number of aliphatic hydroxyl groups excluding tert-OH is 1. The summed E-state index contributed by atoms with van der Waals surface area (Å²) in [6.45, 7) is 11.6. The fourth-order valence-electron chi connectivity index (χ4n) is 3.32. The number of aromatic nitrogens is 1. The number of carbonyl (C=O) groups excluding carboxylic acids is 2. The Kier molecular flexibility index (Phi) is 11.5. The van der Waals surface area contributed by atoms with E-state index in [2.05, 4.69) is 29.4 Å². The van der Waals surface area contributed by atoms with Crippen LogP contribution in [0.5, 0.6) is 0 Å². The number of aliphatic hydroxyl groups is 1. The second-order valence-corrected chi connectivity index (χ2v) is 9.68. The molecule has 0 radical (unpaired) electrons. The Morgan fingerprint density at radius 2 is 1.97 bits per heavy atom. The maximum Gasteiger partial charge on any atom is 0.240 e. The predicted octanol–water partition coefficient (Wildman–Crippen LogP) is 3.34. The smallest absolute Gasteiger partial charge is 0.240 e. The third-order valence-electron chi connectivity index (χ3n) is 5.39. The number of nitrogens with zero attached hydrogens (tertiary/aromatic N) is 2. The Morgan fingerprint density at radius 1 is 1.34 bits per heavy atom. The zero-order valence-corrected chi connectivity index (χ0v) is 20.9. The first-order valence-corrected chi connectivity index (χ1v) is 11.7. The van der Waals surface area contributed by atoms with E-state index >= 15 is 0 Å². The van der Waals surface area contributed by atoms with E-state index in [0.29, 0.717) is 19.0 Å². The minimum Gasteiger partial charge on any atom is -0.400 e. The van der Waals surface area contributed by atoms with Crippen molar-refractivity contribution < 1.29 is 14.7 Å². The fraction of sp³-hybridized carbons (Fsp3) is 0.542. The molecule has 1 aliphatic heterocycles. The van der Waals surface area contributed by atoms with E-state index < -0.39 is 0 Å². The van der Waals surface area contributed by atoms with Crippen molar-refractivity contribution in [3.05, 3.63) is 41.0 Å². The number of carbonyl (C=O) groups is 2. The molecule has 178 valence electrons. The zero-order valence-electron chi connectivity index (χ0n) is 20.1. The topological polar surface area (TPSA) is 109 Å². The highest BCUT2D eigenvalue weighted by Crippen LogP contribution is 2.27. The molecular weight excluding hydrogens is 424 g/mol. The molecule has 2 amide bonds. The van der Waals surface area contributed by atoms with Crippen LogP contribution in [0.25, 0.3) is 10.4 Å². The van der Waals surface area contributed by atoms with Crippen LogP contribution < -0.4 is 11.1 Å². The second kappa shape index (κ2) is 13.3. The molecule has 0 aliphatic carbocycles. The molecule has 8 heteroatoms. The van der Waals surface area contributed by atoms with Gasteiger partial charge in [-0.3, -0.25) is 9.59 Å². The van der Waals surface area contributed by atoms with Gasteiger partial charge in [0.25, 0.3) is 0 Å². The molecular formula is C24H38N4O3S. The normalized spacial score (nSPS) is 16.2. The Balaban J connectivity index is 0.000000300. The maximum atomic E-state index is 12.0. The number of likely N-dealkylation sites (tertiary alicyclic amines) is 1. The van der Waals surface area contributed by atoms with Gasteiger partial charge in [0.05, 0.1) is 22.1 Å². The first-order chi connectivity index (χ1) is 15.1. The van der Waals surface area contributed by atoms with Crippen molar-refractivity contribution >= 4 is 23.7 Å². The summed E-state index contributed by atoms with van der Waals surface area (Å²) in [5, 5.41) is 9.64. The van der Waals surface area contributed by atoms with E-state index in [1.54, 1.807) is 11.3 Å². The van der Waals surface area contributed by atoms with Crippen LogP contribution in [0.1, 0.15) is 51.8 Å². The molecule has 0 bridgehead atoms. The Hall–Kier alpha value is -2.29. The van der Waals surface area contributed by atoms with Crippen molar-refractivity contribution in [2.45, 2.75) is 66.1 Å². The summed E-state index contributed by atoms with van der Waals surface area (Å²) in [6.07, 6.45) is 2.94. The first-order valence-electron chi connectivity index (χ1n) is 10.8. The van der Waals surface area contributed by atoms with Crippen LogP contribution in [0.15, 0.2) is 29.8 Å². The zero-order chi connectivity index (χ0) is 24.3. The van der Waals surface area contributed by atoms with E-state index in [1.165, 1.54) is 10.4 Å². The lowest BCUT2D eigenvalue weighted by molar-refractivity contribution is -0.135. The summed E-state index contributed by atoms with van der Waals surface area (Å²) < 4.78 is 0. The first kappa shape index (κ1) is 27.7. The van der Waals surface area contributed by atoms with E-state index in [-0.39, 0.29) is 17.4 Å². The quantitative estimate of drug-likeness (QED) is 0.591. The molecule has 1 aromatic carbocycles. The number of nitrogens with one attached hydrogen (secondary N) is 1. The Labute approximate surface area is 196 Å². The summed E-state index contributed by atoms with van der Waals surface area (Å²) >= 11 is 1.64. The van der Waals surface area contributed by atoms with Gasteiger partial charge in [-0.05, 0) is 43.2 Å². The number of benzene rings is 1. The van der Waals surface area contributed by atoms with Crippen LogP contribution in [0, 0.1) is 12.3 Å². The van der Waals surface area contributed by atoms with E-state index in [0.717, 1.165) is 37.8 Å². The highest BCUT2D eigenvalue weighted by atomic mass is 32.1. The molecule has 0 saturated carbocycles. The van der Waals surface area contributed by atoms with Gasteiger partial charge >= 0.3 is 0 Å². The molecule has 32 heavy (non-hydrogen) atoms. The molecule has 7 nitrogen and oxygen atoms in total. The molecule has 1 fully saturated rings. The van der Waals surface area contributed by atoms with Crippen LogP contribution in [-0.4, -0.2) is 53.0 Å². The summed E-state index contributed by atoms with van der Waals surface area (Å²) in [5.74, 6) is 0.113. The maximum absolute atomic E-state index is 12.0. The van der Waals surface area contributed by atoms with Gasteiger partial charge < -0.3 is 21.1 Å². The van der Waals surface area contributed by atoms with E-state index in [4.69, 9.17) is 10.8 Å². The summed E-state index contributed by atoms with van der Waals surface area (Å²) in [7, 11) is 1.00. The van der Waals surface area contributed by atoms with Crippen LogP contribution in [-0.2, 0) is 16.1 Å². The van der Waals surface area contributed by atoms with Crippen molar-refractivity contribution in [3.8, 4) is 10.4 Å². The Morgan fingerprint density at radius 3 is 2.41 bits per heavy atom. The van der Waals surface area contributed by atoms with Crippen LogP contribution in [0.3, 0.4) is 0 Å². The second-order valence-electron chi connectivity index (χ2n) is 8.83. The number of hydrogen-bond acceptors (Lipinski definition) is 6. The minimum atomic E-state index is -0.372. The lowest BCUT2D eigenvalue weighted by Gasteiger charge is -2.31. The Bertz CT molecular complexity index is 827. The average Bonchev–Trinajstić information content (AvgIpc) is 3.41. The fourth-order valence-corrected chi connectivity index (χ4v) is 4.13. The van der Waals surface area contributed by atoms with Crippen LogP contribution in [0.4, 0.5) is 0 Å². The van der Waals surface area contributed by atoms with Crippen molar-refractivity contribution in [1.82, 2.24) is 15.2 Å². The number of amides is 2. The molecule has 2 heterocycles. The molecule has 1 aliphatic rings. The molecule has 0 spiro atoms. The van der Waals surface area contributed by atoms with Gasteiger partial charge in [-0.25, -0.2) is 4.98 Å². The highest BCUT2D eigenvalue weighted by molar-refractivity contribution is 7.13. The van der Waals surface area contributed by atoms with Crippen molar-refractivity contribution in [2.24, 2.45) is 11.1 Å². The van der Waals surface area contributed by atoms with Gasteiger partial charge in [0.2, 0.25) is 12.3 Å². The molecule has 2 atom stereocenters. The van der Waals surface area contributed by atoms with Crippen LogP contribution >= 0.6 is 11.3 Å². The van der Waals surface area contributed by atoms with E-state index in [9.17, 15) is 9.59 Å². The lowest BCUT2D eigenvalue weighted by Crippen LogP contribution is -2.51. The number of aryl methyl sites for hydroxylation is 1. The number of nitrogens with two attached hydrogens (primary N) is 1. The molecule has 2 unspecified atom stereocenters. The van der Waals surface area contributed by atoms with Gasteiger partial charge in [-0.2, -0.15) is 0 Å². The lowest BCUT2D eigenvalue weighted by atomic mass is 9.86. The van der Waals surface area contributed by atoms with Gasteiger partial charge in [-0.1, -0.05) is 45.0 Å². The molecule has 4 N–H and O–H groups in total. The molecule has 1 saturated heterocycles. The molecule has 2 aromatic rings. The summed E-state index contributed by atoms with van der Waals surface area (Å²) in [4.78, 5) is 29.5. The van der Waals surface area contributed by atoms with Crippen molar-refractivity contribution in [1.29, 1.82) is 0 Å². The number of hydrogen-bond donors (Lipinski definition) is 3. The third kappa shape index (κ3) is 8.00. The molecule has 3 rings (SSSR count). The van der Waals surface area contributed by atoms with E-state index in [1.807, 2.05) is 50.2 Å².